The molecule has 0 atom stereocenters. The molecule has 1 aromatic heterocycles. The first kappa shape index (κ1) is 22.6. The van der Waals surface area contributed by atoms with E-state index in [4.69, 9.17) is 18.9 Å². The van der Waals surface area contributed by atoms with Crippen LogP contribution in [0.1, 0.15) is 48.7 Å². The summed E-state index contributed by atoms with van der Waals surface area (Å²) in [4.78, 5) is 12.5. The van der Waals surface area contributed by atoms with Gasteiger partial charge >= 0.3 is 5.97 Å². The summed E-state index contributed by atoms with van der Waals surface area (Å²) in [5.41, 5.74) is 0.984. The third-order valence-electron chi connectivity index (χ3n) is 5.63. The van der Waals surface area contributed by atoms with Gasteiger partial charge in [0.2, 0.25) is 5.69 Å². The van der Waals surface area contributed by atoms with Crippen LogP contribution in [0.2, 0.25) is 0 Å². The highest BCUT2D eigenvalue weighted by molar-refractivity contribution is 5.89. The number of carbonyl (C=O) groups is 1. The van der Waals surface area contributed by atoms with E-state index >= 15 is 0 Å². The number of rotatable bonds is 10. The van der Waals surface area contributed by atoms with E-state index in [2.05, 4.69) is 10.3 Å². The molecule has 3 aromatic rings. The van der Waals surface area contributed by atoms with Crippen molar-refractivity contribution in [2.24, 2.45) is 5.92 Å². The van der Waals surface area contributed by atoms with Crippen molar-refractivity contribution in [2.45, 2.75) is 39.2 Å². The maximum absolute atomic E-state index is 12.5. The minimum absolute atomic E-state index is 0.0302. The topological polar surface area (TPSA) is 84.7 Å². The molecule has 174 valence electrons. The van der Waals surface area contributed by atoms with Crippen LogP contribution in [-0.2, 0) is 11.3 Å². The van der Waals surface area contributed by atoms with Gasteiger partial charge in [-0.1, -0.05) is 36.3 Å². The van der Waals surface area contributed by atoms with E-state index in [0.717, 1.165) is 17.1 Å². The second-order valence-electron chi connectivity index (χ2n) is 8.01. The zero-order valence-electron chi connectivity index (χ0n) is 19.0. The van der Waals surface area contributed by atoms with E-state index in [1.807, 2.05) is 48.5 Å². The van der Waals surface area contributed by atoms with Crippen molar-refractivity contribution in [3.8, 4) is 23.1 Å². The molecule has 1 aliphatic carbocycles. The number of ether oxygens (including phenoxy) is 4. The highest BCUT2D eigenvalue weighted by atomic mass is 16.5. The molecule has 1 saturated carbocycles. The van der Waals surface area contributed by atoms with E-state index in [1.54, 1.807) is 18.7 Å². The standard InChI is InChI=1S/C25H29N3O5/c1-3-31-25(29)23-24(28(27-26-23)16-18-11-13-20(30-2)14-12-18)33-22-10-6-9-21(15-22)32-17-19-7-4-5-8-19/h6,9-15,19H,3-5,7-8,16-17H2,1-2H3. The van der Waals surface area contributed by atoms with Crippen molar-refractivity contribution in [2.75, 3.05) is 20.3 Å². The third-order valence-corrected chi connectivity index (χ3v) is 5.63. The maximum atomic E-state index is 12.5. The number of nitrogens with zero attached hydrogens (tertiary/aromatic N) is 3. The van der Waals surface area contributed by atoms with Crippen molar-refractivity contribution in [3.63, 3.8) is 0 Å². The van der Waals surface area contributed by atoms with Crippen LogP contribution >= 0.6 is 0 Å². The van der Waals surface area contributed by atoms with Crippen LogP contribution in [0.25, 0.3) is 0 Å². The van der Waals surface area contributed by atoms with Gasteiger partial charge in [-0.3, -0.25) is 0 Å². The van der Waals surface area contributed by atoms with Crippen molar-refractivity contribution in [1.82, 2.24) is 15.0 Å². The lowest BCUT2D eigenvalue weighted by atomic mass is 10.1. The Labute approximate surface area is 193 Å². The molecule has 0 amide bonds. The number of methoxy groups -OCH3 is 1. The fourth-order valence-corrected chi connectivity index (χ4v) is 3.87. The van der Waals surface area contributed by atoms with Crippen molar-refractivity contribution in [3.05, 3.63) is 59.8 Å². The van der Waals surface area contributed by atoms with Crippen LogP contribution < -0.4 is 14.2 Å². The molecule has 1 fully saturated rings. The van der Waals surface area contributed by atoms with E-state index in [0.29, 0.717) is 24.8 Å². The molecule has 0 spiro atoms. The average Bonchev–Trinajstić information content (AvgIpc) is 3.49. The van der Waals surface area contributed by atoms with Crippen LogP contribution in [0, 0.1) is 5.92 Å². The predicted molar refractivity (Wildman–Crippen MR) is 122 cm³/mol. The smallest absolute Gasteiger partial charge is 0.364 e. The largest absolute Gasteiger partial charge is 0.497 e. The van der Waals surface area contributed by atoms with Crippen molar-refractivity contribution < 1.29 is 23.7 Å². The van der Waals surface area contributed by atoms with E-state index < -0.39 is 5.97 Å². The molecule has 33 heavy (non-hydrogen) atoms. The molecule has 0 saturated heterocycles. The molecule has 1 heterocycles. The Hall–Kier alpha value is -3.55. The summed E-state index contributed by atoms with van der Waals surface area (Å²) < 4.78 is 24.0. The third kappa shape index (κ3) is 5.83. The fraction of sp³-hybridized carbons (Fsp3) is 0.400. The Morgan fingerprint density at radius 3 is 2.55 bits per heavy atom. The summed E-state index contributed by atoms with van der Waals surface area (Å²) >= 11 is 0. The molecule has 2 aromatic carbocycles. The van der Waals surface area contributed by atoms with Crippen LogP contribution in [0.5, 0.6) is 23.1 Å². The number of hydrogen-bond acceptors (Lipinski definition) is 7. The second kappa shape index (κ2) is 10.8. The Balaban J connectivity index is 1.54. The molecule has 0 N–H and O–H groups in total. The van der Waals surface area contributed by atoms with Gasteiger partial charge in [-0.05, 0) is 55.5 Å². The Morgan fingerprint density at radius 2 is 1.82 bits per heavy atom. The first-order valence-electron chi connectivity index (χ1n) is 11.3. The van der Waals surface area contributed by atoms with Gasteiger partial charge in [0.1, 0.15) is 17.2 Å². The normalized spacial score (nSPS) is 13.6. The number of carbonyl (C=O) groups excluding carboxylic acids is 1. The molecule has 8 nitrogen and oxygen atoms in total. The molecular weight excluding hydrogens is 422 g/mol. The quantitative estimate of drug-likeness (QED) is 0.407. The van der Waals surface area contributed by atoms with Gasteiger partial charge in [-0.25, -0.2) is 9.48 Å². The monoisotopic (exact) mass is 451 g/mol. The van der Waals surface area contributed by atoms with E-state index in [-0.39, 0.29) is 18.2 Å². The molecule has 4 rings (SSSR count). The lowest BCUT2D eigenvalue weighted by Gasteiger charge is -2.13. The van der Waals surface area contributed by atoms with Gasteiger partial charge < -0.3 is 18.9 Å². The highest BCUT2D eigenvalue weighted by Gasteiger charge is 2.24. The Kier molecular flexibility index (Phi) is 7.44. The zero-order valence-corrected chi connectivity index (χ0v) is 19.0. The van der Waals surface area contributed by atoms with Gasteiger partial charge in [0.05, 0.1) is 26.9 Å². The van der Waals surface area contributed by atoms with Crippen LogP contribution in [-0.4, -0.2) is 41.3 Å². The average molecular weight is 452 g/mol. The van der Waals surface area contributed by atoms with Gasteiger partial charge in [-0.15, -0.1) is 5.10 Å². The van der Waals surface area contributed by atoms with E-state index in [1.165, 1.54) is 25.7 Å². The van der Waals surface area contributed by atoms with Crippen LogP contribution in [0.4, 0.5) is 0 Å². The molecule has 0 unspecified atom stereocenters. The van der Waals surface area contributed by atoms with Gasteiger partial charge in [0.15, 0.2) is 0 Å². The fourth-order valence-electron chi connectivity index (χ4n) is 3.87. The minimum Gasteiger partial charge on any atom is -0.497 e. The van der Waals surface area contributed by atoms with E-state index in [9.17, 15) is 4.79 Å². The predicted octanol–water partition coefficient (Wildman–Crippen LogP) is 4.87. The molecule has 1 aliphatic rings. The lowest BCUT2D eigenvalue weighted by Crippen LogP contribution is -2.09. The number of benzene rings is 2. The molecule has 0 bridgehead atoms. The number of hydrogen-bond donors (Lipinski definition) is 0. The highest BCUT2D eigenvalue weighted by Crippen LogP contribution is 2.30. The summed E-state index contributed by atoms with van der Waals surface area (Å²) in [5.74, 6) is 2.27. The zero-order chi connectivity index (χ0) is 23.0. The van der Waals surface area contributed by atoms with Crippen molar-refractivity contribution in [1.29, 1.82) is 0 Å². The lowest BCUT2D eigenvalue weighted by molar-refractivity contribution is 0.0516. The summed E-state index contributed by atoms with van der Waals surface area (Å²) in [6.45, 7) is 3.04. The summed E-state index contributed by atoms with van der Waals surface area (Å²) in [5, 5.41) is 8.17. The van der Waals surface area contributed by atoms with Crippen molar-refractivity contribution >= 4 is 5.97 Å². The number of aromatic nitrogens is 3. The minimum atomic E-state index is -0.581. The summed E-state index contributed by atoms with van der Waals surface area (Å²) in [6.07, 6.45) is 4.99. The molecule has 8 heteroatoms. The molecule has 0 aliphatic heterocycles. The van der Waals surface area contributed by atoms with Crippen LogP contribution in [0.15, 0.2) is 48.5 Å². The molecule has 0 radical (unpaired) electrons. The Bertz CT molecular complexity index is 1060. The Morgan fingerprint density at radius 1 is 1.06 bits per heavy atom. The van der Waals surface area contributed by atoms with Crippen LogP contribution in [0.3, 0.4) is 0 Å². The molecular formula is C25H29N3O5. The van der Waals surface area contributed by atoms with Gasteiger partial charge in [0.25, 0.3) is 5.88 Å². The number of esters is 1. The summed E-state index contributed by atoms with van der Waals surface area (Å²) in [6, 6.07) is 15.0. The van der Waals surface area contributed by atoms with Gasteiger partial charge in [-0.2, -0.15) is 0 Å². The van der Waals surface area contributed by atoms with Gasteiger partial charge in [0, 0.05) is 6.07 Å². The summed E-state index contributed by atoms with van der Waals surface area (Å²) in [7, 11) is 1.62. The SMILES string of the molecule is CCOC(=O)c1nnn(Cc2ccc(OC)cc2)c1Oc1cccc(OCC2CCCC2)c1. The maximum Gasteiger partial charge on any atom is 0.364 e. The first-order chi connectivity index (χ1) is 16.2. The first-order valence-corrected chi connectivity index (χ1v) is 11.3. The second-order valence-corrected chi connectivity index (χ2v) is 8.01.